The third kappa shape index (κ3) is 4.15. The van der Waals surface area contributed by atoms with Gasteiger partial charge in [-0.05, 0) is 37.2 Å². The molecule has 0 saturated heterocycles. The fourth-order valence-electron chi connectivity index (χ4n) is 4.55. The highest BCUT2D eigenvalue weighted by Crippen LogP contribution is 2.38. The van der Waals surface area contributed by atoms with E-state index in [0.717, 1.165) is 43.3 Å². The van der Waals surface area contributed by atoms with Crippen molar-refractivity contribution in [3.05, 3.63) is 30.0 Å². The van der Waals surface area contributed by atoms with Gasteiger partial charge in [-0.2, -0.15) is 5.10 Å². The van der Waals surface area contributed by atoms with E-state index in [4.69, 9.17) is 5.11 Å². The molecule has 0 unspecified atom stereocenters. The zero-order valence-corrected chi connectivity index (χ0v) is 17.1. The predicted molar refractivity (Wildman–Crippen MR) is 108 cm³/mol. The van der Waals surface area contributed by atoms with E-state index in [-0.39, 0.29) is 29.1 Å². The molecule has 2 aromatic rings. The molecule has 9 heteroatoms. The Kier molecular flexibility index (Phi) is 5.21. The molecule has 2 aliphatic rings. The Morgan fingerprint density at radius 1 is 1.27 bits per heavy atom. The molecule has 0 aromatic carbocycles. The molecule has 3 heterocycles. The molecule has 160 valence electrons. The molecule has 3 N–H and O–H groups in total. The van der Waals surface area contributed by atoms with E-state index in [9.17, 15) is 14.0 Å². The van der Waals surface area contributed by atoms with E-state index in [1.165, 1.54) is 0 Å². The highest BCUT2D eigenvalue weighted by molar-refractivity contribution is 5.92. The minimum atomic E-state index is -1.08. The molecule has 2 atom stereocenters. The van der Waals surface area contributed by atoms with Crippen LogP contribution in [0.5, 0.6) is 0 Å². The third-order valence-electron chi connectivity index (χ3n) is 5.94. The van der Waals surface area contributed by atoms with Crippen LogP contribution in [0.1, 0.15) is 45.2 Å². The normalized spacial score (nSPS) is 22.4. The highest BCUT2D eigenvalue weighted by Gasteiger charge is 2.32. The van der Waals surface area contributed by atoms with Gasteiger partial charge in [0.2, 0.25) is 5.91 Å². The van der Waals surface area contributed by atoms with Gasteiger partial charge in [0.05, 0.1) is 12.4 Å². The lowest BCUT2D eigenvalue weighted by Crippen LogP contribution is -2.40. The minimum Gasteiger partial charge on any atom is -0.465 e. The Hall–Kier alpha value is -2.97. The van der Waals surface area contributed by atoms with Crippen molar-refractivity contribution >= 4 is 17.8 Å². The topological polar surface area (TPSA) is 109 Å². The number of pyridine rings is 1. The number of fused-ring (bicyclic) bond motifs is 1. The molecule has 1 fully saturated rings. The van der Waals surface area contributed by atoms with Gasteiger partial charge in [-0.15, -0.1) is 0 Å². The molecular weight excluding hydrogens is 389 g/mol. The Labute approximate surface area is 173 Å². The zero-order chi connectivity index (χ0) is 21.5. The van der Waals surface area contributed by atoms with Crippen molar-refractivity contribution < 1.29 is 19.1 Å². The summed E-state index contributed by atoms with van der Waals surface area (Å²) in [6, 6.07) is 1.31. The van der Waals surface area contributed by atoms with E-state index in [2.05, 4.69) is 34.6 Å². The number of nitrogens with zero attached hydrogens (tertiary/aromatic N) is 3. The summed E-state index contributed by atoms with van der Waals surface area (Å²) in [7, 11) is 0. The van der Waals surface area contributed by atoms with Crippen molar-refractivity contribution in [3.63, 3.8) is 0 Å². The van der Waals surface area contributed by atoms with Crippen LogP contribution < -0.4 is 10.6 Å². The summed E-state index contributed by atoms with van der Waals surface area (Å²) in [5.41, 5.74) is 2.14. The highest BCUT2D eigenvalue weighted by atomic mass is 19.1. The maximum Gasteiger partial charge on any atom is 0.404 e. The van der Waals surface area contributed by atoms with E-state index < -0.39 is 11.9 Å². The number of anilines is 1. The second-order valence-corrected chi connectivity index (χ2v) is 9.05. The number of hydrogen-bond donors (Lipinski definition) is 3. The number of aromatic nitrogens is 3. The van der Waals surface area contributed by atoms with Gasteiger partial charge in [0.1, 0.15) is 11.6 Å². The van der Waals surface area contributed by atoms with E-state index in [0.29, 0.717) is 18.4 Å². The largest absolute Gasteiger partial charge is 0.465 e. The Morgan fingerprint density at radius 3 is 2.83 bits per heavy atom. The molecule has 8 nitrogen and oxygen atoms in total. The molecular formula is C21H26FN5O3. The molecule has 0 radical (unpaired) electrons. The van der Waals surface area contributed by atoms with E-state index in [1.54, 1.807) is 12.3 Å². The van der Waals surface area contributed by atoms with Gasteiger partial charge in [0.15, 0.2) is 0 Å². The number of halogens is 1. The van der Waals surface area contributed by atoms with Crippen LogP contribution in [0.3, 0.4) is 0 Å². The number of amides is 2. The van der Waals surface area contributed by atoms with Crippen LogP contribution in [0.15, 0.2) is 18.5 Å². The molecule has 2 aromatic heterocycles. The molecule has 2 amide bonds. The molecule has 4 rings (SSSR count). The number of carbonyl (C=O) groups is 2. The SMILES string of the molecule is CC1(C)Cc2c(-c3cc(NC(=O)[C@H]4CCC[C@H](NC(=O)O)C4)ncc3F)cnn2C1. The smallest absolute Gasteiger partial charge is 0.404 e. The Morgan fingerprint density at radius 2 is 2.07 bits per heavy atom. The first-order chi connectivity index (χ1) is 14.2. The van der Waals surface area contributed by atoms with Gasteiger partial charge in [0, 0.05) is 35.3 Å². The number of carbonyl (C=O) groups excluding carboxylic acids is 1. The van der Waals surface area contributed by atoms with Crippen LogP contribution in [0.2, 0.25) is 0 Å². The third-order valence-corrected chi connectivity index (χ3v) is 5.94. The summed E-state index contributed by atoms with van der Waals surface area (Å²) in [6.07, 6.45) is 5.11. The van der Waals surface area contributed by atoms with E-state index >= 15 is 0 Å². The van der Waals surface area contributed by atoms with E-state index in [1.807, 2.05) is 4.68 Å². The van der Waals surface area contributed by atoms with Crippen LogP contribution >= 0.6 is 0 Å². The average molecular weight is 415 g/mol. The van der Waals surface area contributed by atoms with Gasteiger partial charge in [0.25, 0.3) is 0 Å². The lowest BCUT2D eigenvalue weighted by atomic mass is 9.85. The maximum absolute atomic E-state index is 14.6. The number of hydrogen-bond acceptors (Lipinski definition) is 4. The van der Waals surface area contributed by atoms with Gasteiger partial charge in [-0.1, -0.05) is 20.3 Å². The average Bonchev–Trinajstić information content (AvgIpc) is 3.18. The molecule has 1 aliphatic carbocycles. The second kappa shape index (κ2) is 7.70. The molecule has 0 spiro atoms. The van der Waals surface area contributed by atoms with Gasteiger partial charge < -0.3 is 15.7 Å². The van der Waals surface area contributed by atoms with Crippen LogP contribution in [0.4, 0.5) is 15.0 Å². The molecule has 30 heavy (non-hydrogen) atoms. The summed E-state index contributed by atoms with van der Waals surface area (Å²) in [5, 5.41) is 18.5. The van der Waals surface area contributed by atoms with Crippen molar-refractivity contribution in [1.82, 2.24) is 20.1 Å². The number of nitrogens with one attached hydrogen (secondary N) is 2. The minimum absolute atomic E-state index is 0.0698. The quantitative estimate of drug-likeness (QED) is 0.709. The summed E-state index contributed by atoms with van der Waals surface area (Å²) < 4.78 is 16.5. The second-order valence-electron chi connectivity index (χ2n) is 9.05. The number of carboxylic acid groups (broad SMARTS) is 1. The monoisotopic (exact) mass is 415 g/mol. The van der Waals surface area contributed by atoms with Gasteiger partial charge in [-0.25, -0.2) is 14.2 Å². The standard InChI is InChI=1S/C21H26FN5O3/c1-21(2)8-17-15(9-24-27(17)11-21)14-7-18(23-10-16(14)22)26-19(28)12-4-3-5-13(6-12)25-20(29)30/h7,9-10,12-13,25H,3-6,8,11H2,1-2H3,(H,29,30)(H,23,26,28)/t12-,13-/m0/s1. The number of rotatable bonds is 4. The van der Waals surface area contributed by atoms with Crippen LogP contribution in [0.25, 0.3) is 11.1 Å². The summed E-state index contributed by atoms with van der Waals surface area (Å²) in [4.78, 5) is 27.6. The van der Waals surface area contributed by atoms with Crippen molar-refractivity contribution in [3.8, 4) is 11.1 Å². The summed E-state index contributed by atoms with van der Waals surface area (Å²) in [6.45, 7) is 5.08. The van der Waals surface area contributed by atoms with Gasteiger partial charge >= 0.3 is 6.09 Å². The predicted octanol–water partition coefficient (Wildman–Crippen LogP) is 3.43. The van der Waals surface area contributed by atoms with Crippen LogP contribution in [0, 0.1) is 17.2 Å². The Balaban J connectivity index is 1.51. The van der Waals surface area contributed by atoms with Gasteiger partial charge in [-0.3, -0.25) is 9.48 Å². The van der Waals surface area contributed by atoms with Crippen LogP contribution in [-0.2, 0) is 17.8 Å². The lowest BCUT2D eigenvalue weighted by molar-refractivity contribution is -0.121. The molecule has 1 saturated carbocycles. The maximum atomic E-state index is 14.6. The fraction of sp³-hybridized carbons (Fsp3) is 0.524. The molecule has 0 bridgehead atoms. The Bertz CT molecular complexity index is 987. The van der Waals surface area contributed by atoms with Crippen molar-refractivity contribution in [2.45, 2.75) is 58.5 Å². The fourth-order valence-corrected chi connectivity index (χ4v) is 4.55. The summed E-state index contributed by atoms with van der Waals surface area (Å²) >= 11 is 0. The summed E-state index contributed by atoms with van der Waals surface area (Å²) in [5.74, 6) is -0.718. The first-order valence-corrected chi connectivity index (χ1v) is 10.2. The van der Waals surface area contributed by atoms with Crippen molar-refractivity contribution in [2.24, 2.45) is 11.3 Å². The van der Waals surface area contributed by atoms with Crippen molar-refractivity contribution in [1.29, 1.82) is 0 Å². The molecule has 1 aliphatic heterocycles. The van der Waals surface area contributed by atoms with Crippen molar-refractivity contribution in [2.75, 3.05) is 5.32 Å². The first-order valence-electron chi connectivity index (χ1n) is 10.2. The first kappa shape index (κ1) is 20.3. The lowest BCUT2D eigenvalue weighted by Gasteiger charge is -2.28. The zero-order valence-electron chi connectivity index (χ0n) is 17.1. The van der Waals surface area contributed by atoms with Crippen LogP contribution in [-0.4, -0.2) is 37.9 Å².